The Bertz CT molecular complexity index is 1010. The number of nitrogens with zero attached hydrogens (tertiary/aromatic N) is 2. The average Bonchev–Trinajstić information content (AvgIpc) is 3.00. The van der Waals surface area contributed by atoms with Gasteiger partial charge in [0.1, 0.15) is 0 Å². The molecule has 2 aromatic carbocycles. The fourth-order valence-corrected chi connectivity index (χ4v) is 4.53. The van der Waals surface area contributed by atoms with Crippen molar-refractivity contribution >= 4 is 17.2 Å². The smallest absolute Gasteiger partial charge is 0.279 e. The van der Waals surface area contributed by atoms with E-state index >= 15 is 0 Å². The molecule has 1 aromatic heterocycles. The highest BCUT2D eigenvalue weighted by Crippen LogP contribution is 2.27. The molecule has 0 N–H and O–H groups in total. The summed E-state index contributed by atoms with van der Waals surface area (Å²) in [5.41, 5.74) is 5.25. The molecule has 0 radical (unpaired) electrons. The first-order valence-corrected chi connectivity index (χ1v) is 10.3. The molecule has 0 unspecified atom stereocenters. The molecule has 0 aliphatic rings. The van der Waals surface area contributed by atoms with E-state index in [1.165, 1.54) is 21.7 Å². The number of hydrogen-bond donors (Lipinski definition) is 0. The highest BCUT2D eigenvalue weighted by molar-refractivity contribution is 7.09. The molecule has 0 fully saturated rings. The molecule has 140 valence electrons. The third kappa shape index (κ3) is 4.11. The second kappa shape index (κ2) is 8.49. The van der Waals surface area contributed by atoms with Gasteiger partial charge in [0.15, 0.2) is 4.80 Å². The summed E-state index contributed by atoms with van der Waals surface area (Å²) in [5.74, 6) is -0.171. The van der Waals surface area contributed by atoms with E-state index in [4.69, 9.17) is 0 Å². The van der Waals surface area contributed by atoms with Crippen LogP contribution in [0.3, 0.4) is 0 Å². The normalized spacial score (nSPS) is 11.8. The minimum absolute atomic E-state index is 0.171. The Morgan fingerprint density at radius 1 is 1.04 bits per heavy atom. The molecule has 0 atom stereocenters. The zero-order chi connectivity index (χ0) is 19.4. The van der Waals surface area contributed by atoms with Crippen LogP contribution < -0.4 is 4.80 Å². The molecule has 1 amide bonds. The maximum absolute atomic E-state index is 12.8. The van der Waals surface area contributed by atoms with Crippen LogP contribution in [0.1, 0.15) is 46.6 Å². The fourth-order valence-electron chi connectivity index (χ4n) is 3.22. The Labute approximate surface area is 165 Å². The number of aromatic nitrogens is 1. The Morgan fingerprint density at radius 2 is 1.74 bits per heavy atom. The van der Waals surface area contributed by atoms with Gasteiger partial charge < -0.3 is 4.57 Å². The van der Waals surface area contributed by atoms with Crippen LogP contribution in [0.4, 0.5) is 0 Å². The van der Waals surface area contributed by atoms with Crippen LogP contribution in [0, 0.1) is 13.8 Å². The molecule has 27 heavy (non-hydrogen) atoms. The first kappa shape index (κ1) is 19.3. The van der Waals surface area contributed by atoms with Crippen LogP contribution in [-0.4, -0.2) is 10.5 Å². The topological polar surface area (TPSA) is 34.4 Å². The predicted octanol–water partition coefficient (Wildman–Crippen LogP) is 5.55. The van der Waals surface area contributed by atoms with Gasteiger partial charge >= 0.3 is 0 Å². The van der Waals surface area contributed by atoms with Crippen LogP contribution in [0.15, 0.2) is 53.5 Å². The molecular formula is C23H26N2OS. The molecule has 0 saturated heterocycles. The van der Waals surface area contributed by atoms with Gasteiger partial charge in [0.2, 0.25) is 0 Å². The molecule has 0 bridgehead atoms. The van der Waals surface area contributed by atoms with Crippen LogP contribution in [-0.2, 0) is 13.0 Å². The minimum atomic E-state index is -0.171. The summed E-state index contributed by atoms with van der Waals surface area (Å²) in [6.45, 7) is 9.12. The van der Waals surface area contributed by atoms with Crippen molar-refractivity contribution in [1.29, 1.82) is 0 Å². The Morgan fingerprint density at radius 3 is 2.37 bits per heavy atom. The molecule has 3 rings (SSSR count). The van der Waals surface area contributed by atoms with Gasteiger partial charge in [-0.2, -0.15) is 4.99 Å². The number of thiazole rings is 1. The lowest BCUT2D eigenvalue weighted by Gasteiger charge is -2.09. The standard InChI is InChI=1S/C23H26N2OS/c1-5-9-20-21(18-14-12-16(3)13-15-18)25(6-2)23(27-20)24-22(26)19-11-8-7-10-17(19)4/h7-8,10-15H,5-6,9H2,1-4H3. The van der Waals surface area contributed by atoms with Gasteiger partial charge in [-0.1, -0.05) is 61.4 Å². The second-order valence-electron chi connectivity index (χ2n) is 6.75. The van der Waals surface area contributed by atoms with Crippen molar-refractivity contribution in [2.24, 2.45) is 4.99 Å². The van der Waals surface area contributed by atoms with Gasteiger partial charge in [0, 0.05) is 17.0 Å². The Balaban J connectivity index is 2.16. The first-order chi connectivity index (χ1) is 13.0. The number of aryl methyl sites for hydroxylation is 3. The number of rotatable bonds is 5. The molecule has 0 saturated carbocycles. The van der Waals surface area contributed by atoms with Crippen molar-refractivity contribution in [3.05, 3.63) is 74.9 Å². The molecular weight excluding hydrogens is 352 g/mol. The summed E-state index contributed by atoms with van der Waals surface area (Å²) in [5, 5.41) is 0. The average molecular weight is 379 g/mol. The largest absolute Gasteiger partial charge is 0.316 e. The molecule has 0 spiro atoms. The van der Waals surface area contributed by atoms with Crippen LogP contribution in [0.2, 0.25) is 0 Å². The van der Waals surface area contributed by atoms with E-state index in [-0.39, 0.29) is 5.91 Å². The summed E-state index contributed by atoms with van der Waals surface area (Å²) in [4.78, 5) is 19.4. The lowest BCUT2D eigenvalue weighted by molar-refractivity contribution is 0.0997. The van der Waals surface area contributed by atoms with Crippen LogP contribution in [0.5, 0.6) is 0 Å². The third-order valence-electron chi connectivity index (χ3n) is 4.67. The van der Waals surface area contributed by atoms with E-state index in [1.807, 2.05) is 31.2 Å². The monoisotopic (exact) mass is 378 g/mol. The molecule has 3 nitrogen and oxygen atoms in total. The second-order valence-corrected chi connectivity index (χ2v) is 7.81. The maximum atomic E-state index is 12.8. The third-order valence-corrected chi connectivity index (χ3v) is 5.81. The van der Waals surface area contributed by atoms with Crippen LogP contribution >= 0.6 is 11.3 Å². The van der Waals surface area contributed by atoms with Crippen molar-refractivity contribution in [2.45, 2.75) is 47.1 Å². The van der Waals surface area contributed by atoms with Crippen molar-refractivity contribution in [2.75, 3.05) is 0 Å². The maximum Gasteiger partial charge on any atom is 0.279 e. The van der Waals surface area contributed by atoms with Gasteiger partial charge in [-0.25, -0.2) is 0 Å². The SMILES string of the molecule is CCCc1sc(=NC(=O)c2ccccc2C)n(CC)c1-c1ccc(C)cc1. The zero-order valence-corrected chi connectivity index (χ0v) is 17.3. The van der Waals surface area contributed by atoms with E-state index in [2.05, 4.69) is 54.6 Å². The number of benzene rings is 2. The van der Waals surface area contributed by atoms with E-state index in [1.54, 1.807) is 11.3 Å². The molecule has 1 heterocycles. The Kier molecular flexibility index (Phi) is 6.07. The molecule has 4 heteroatoms. The summed E-state index contributed by atoms with van der Waals surface area (Å²) in [7, 11) is 0. The van der Waals surface area contributed by atoms with Gasteiger partial charge in [-0.05, 0) is 44.4 Å². The summed E-state index contributed by atoms with van der Waals surface area (Å²) in [6.07, 6.45) is 2.05. The van der Waals surface area contributed by atoms with Crippen molar-refractivity contribution in [3.8, 4) is 11.3 Å². The number of carbonyl (C=O) groups is 1. The van der Waals surface area contributed by atoms with E-state index in [9.17, 15) is 4.79 Å². The fraction of sp³-hybridized carbons (Fsp3) is 0.304. The van der Waals surface area contributed by atoms with E-state index in [0.29, 0.717) is 5.56 Å². The van der Waals surface area contributed by atoms with E-state index in [0.717, 1.165) is 29.8 Å². The lowest BCUT2D eigenvalue weighted by atomic mass is 10.1. The molecule has 3 aromatic rings. The highest BCUT2D eigenvalue weighted by atomic mass is 32.1. The zero-order valence-electron chi connectivity index (χ0n) is 16.5. The quantitative estimate of drug-likeness (QED) is 0.573. The number of hydrogen-bond acceptors (Lipinski definition) is 2. The van der Waals surface area contributed by atoms with Crippen molar-refractivity contribution < 1.29 is 4.79 Å². The van der Waals surface area contributed by atoms with Crippen LogP contribution in [0.25, 0.3) is 11.3 Å². The Hall–Kier alpha value is -2.46. The van der Waals surface area contributed by atoms with Gasteiger partial charge in [0.05, 0.1) is 5.69 Å². The van der Waals surface area contributed by atoms with Gasteiger partial charge in [-0.3, -0.25) is 4.79 Å². The number of carbonyl (C=O) groups excluding carboxylic acids is 1. The number of amides is 1. The van der Waals surface area contributed by atoms with Gasteiger partial charge in [-0.15, -0.1) is 11.3 Å². The van der Waals surface area contributed by atoms with Crippen molar-refractivity contribution in [3.63, 3.8) is 0 Å². The highest BCUT2D eigenvalue weighted by Gasteiger charge is 2.16. The molecule has 0 aliphatic heterocycles. The first-order valence-electron chi connectivity index (χ1n) is 9.49. The predicted molar refractivity (Wildman–Crippen MR) is 113 cm³/mol. The van der Waals surface area contributed by atoms with Gasteiger partial charge in [0.25, 0.3) is 5.91 Å². The minimum Gasteiger partial charge on any atom is -0.316 e. The lowest BCUT2D eigenvalue weighted by Crippen LogP contribution is -2.17. The van der Waals surface area contributed by atoms with E-state index < -0.39 is 0 Å². The molecule has 0 aliphatic carbocycles. The summed E-state index contributed by atoms with van der Waals surface area (Å²) in [6, 6.07) is 16.2. The summed E-state index contributed by atoms with van der Waals surface area (Å²) >= 11 is 1.64. The summed E-state index contributed by atoms with van der Waals surface area (Å²) < 4.78 is 2.18. The van der Waals surface area contributed by atoms with Crippen molar-refractivity contribution in [1.82, 2.24) is 4.57 Å².